The summed E-state index contributed by atoms with van der Waals surface area (Å²) < 4.78 is 29.1. The first-order valence-corrected chi connectivity index (χ1v) is 9.46. The van der Waals surface area contributed by atoms with E-state index in [1.807, 2.05) is 0 Å². The lowest BCUT2D eigenvalue weighted by Gasteiger charge is -2.26. The highest BCUT2D eigenvalue weighted by molar-refractivity contribution is 5.93. The van der Waals surface area contributed by atoms with Crippen LogP contribution in [0.1, 0.15) is 40.9 Å². The highest BCUT2D eigenvalue weighted by atomic mass is 19.3. The smallest absolute Gasteiger partial charge is 0.272 e. The average Bonchev–Trinajstić information content (AvgIpc) is 3.29. The second kappa shape index (κ2) is 7.38. The summed E-state index contributed by atoms with van der Waals surface area (Å²) in [6.07, 6.45) is -1.46. The highest BCUT2D eigenvalue weighted by Crippen LogP contribution is 2.32. The maximum atomic E-state index is 13.3. The second-order valence-electron chi connectivity index (χ2n) is 7.25. The highest BCUT2D eigenvalue weighted by Gasteiger charge is 2.35. The van der Waals surface area contributed by atoms with Crippen LogP contribution in [-0.4, -0.2) is 43.1 Å². The van der Waals surface area contributed by atoms with Crippen molar-refractivity contribution in [3.05, 3.63) is 57.9 Å². The van der Waals surface area contributed by atoms with Crippen LogP contribution in [0, 0.1) is 6.92 Å². The molecule has 1 amide bonds. The van der Waals surface area contributed by atoms with E-state index in [0.29, 0.717) is 36.3 Å². The predicted octanol–water partition coefficient (Wildman–Crippen LogP) is 2.68. The van der Waals surface area contributed by atoms with E-state index in [2.05, 4.69) is 10.1 Å². The molecule has 0 saturated carbocycles. The van der Waals surface area contributed by atoms with Gasteiger partial charge in [0, 0.05) is 13.6 Å². The van der Waals surface area contributed by atoms with E-state index in [-0.39, 0.29) is 17.1 Å². The zero-order valence-electron chi connectivity index (χ0n) is 16.2. The Kier molecular flexibility index (Phi) is 4.89. The summed E-state index contributed by atoms with van der Waals surface area (Å²) in [5, 5.41) is 4.50. The molecule has 9 heteroatoms. The maximum Gasteiger partial charge on any atom is 0.272 e. The molecule has 2 aromatic heterocycles. The third kappa shape index (κ3) is 3.41. The third-order valence-corrected chi connectivity index (χ3v) is 5.24. The Bertz CT molecular complexity index is 1140. The summed E-state index contributed by atoms with van der Waals surface area (Å²) in [5.41, 5.74) is 1.05. The fraction of sp³-hybridized carbons (Fsp3) is 0.400. The lowest BCUT2D eigenvalue weighted by molar-refractivity contribution is 0.0709. The average molecular weight is 401 g/mol. The largest absolute Gasteiger partial charge is 0.327 e. The fourth-order valence-corrected chi connectivity index (χ4v) is 3.99. The Morgan fingerprint density at radius 1 is 1.31 bits per heavy atom. The van der Waals surface area contributed by atoms with Crippen LogP contribution in [0.2, 0.25) is 0 Å². The lowest BCUT2D eigenvalue weighted by Crippen LogP contribution is -2.37. The van der Waals surface area contributed by atoms with Gasteiger partial charge in [0.1, 0.15) is 11.5 Å². The van der Waals surface area contributed by atoms with Gasteiger partial charge >= 0.3 is 0 Å². The first-order valence-electron chi connectivity index (χ1n) is 9.46. The van der Waals surface area contributed by atoms with E-state index < -0.39 is 24.6 Å². The number of rotatable bonds is 4. The van der Waals surface area contributed by atoms with Gasteiger partial charge in [-0.1, -0.05) is 12.1 Å². The number of hydrogen-bond donors (Lipinski definition) is 0. The molecule has 3 heterocycles. The Morgan fingerprint density at radius 2 is 2.07 bits per heavy atom. The van der Waals surface area contributed by atoms with Crippen LogP contribution in [0.3, 0.4) is 0 Å². The van der Waals surface area contributed by atoms with Crippen molar-refractivity contribution in [2.24, 2.45) is 7.05 Å². The summed E-state index contributed by atoms with van der Waals surface area (Å²) >= 11 is 0. The Hall–Kier alpha value is -3.10. The second-order valence-corrected chi connectivity index (χ2v) is 7.25. The number of nitrogens with zero attached hydrogens (tertiary/aromatic N) is 5. The van der Waals surface area contributed by atoms with Gasteiger partial charge in [0.15, 0.2) is 0 Å². The number of amides is 1. The van der Waals surface area contributed by atoms with Crippen molar-refractivity contribution in [1.82, 2.24) is 24.2 Å². The number of aromatic nitrogens is 4. The standard InChI is InChI=1S/C20H21F2N5O2/c1-12-10-16(25(2)24-12)20(29)26-9-5-8-15(26)18-23-14-7-4-3-6-13(14)19(28)27(18)11-17(21)22/h3-4,6-7,10,15,17H,5,8-9,11H2,1-2H3. The molecule has 0 spiro atoms. The molecule has 3 aromatic rings. The van der Waals surface area contributed by atoms with E-state index in [0.717, 1.165) is 4.57 Å². The minimum atomic E-state index is -2.71. The summed E-state index contributed by atoms with van der Waals surface area (Å²) in [4.78, 5) is 32.2. The van der Waals surface area contributed by atoms with Gasteiger partial charge in [0.05, 0.1) is 29.2 Å². The molecule has 1 unspecified atom stereocenters. The Balaban J connectivity index is 1.83. The fourth-order valence-electron chi connectivity index (χ4n) is 3.99. The number of para-hydroxylation sites is 1. The number of fused-ring (bicyclic) bond motifs is 1. The summed E-state index contributed by atoms with van der Waals surface area (Å²) in [5.74, 6) is -0.0413. The third-order valence-electron chi connectivity index (χ3n) is 5.24. The van der Waals surface area contributed by atoms with Gasteiger partial charge in [0.2, 0.25) is 0 Å². The zero-order valence-corrected chi connectivity index (χ0v) is 16.2. The monoisotopic (exact) mass is 401 g/mol. The first-order chi connectivity index (χ1) is 13.9. The van der Waals surface area contributed by atoms with Crippen LogP contribution in [0.5, 0.6) is 0 Å². The topological polar surface area (TPSA) is 73.0 Å². The van der Waals surface area contributed by atoms with E-state index in [4.69, 9.17) is 0 Å². The van der Waals surface area contributed by atoms with Crippen molar-refractivity contribution in [1.29, 1.82) is 0 Å². The Labute approximate surface area is 165 Å². The number of benzene rings is 1. The number of hydrogen-bond acceptors (Lipinski definition) is 4. The molecule has 4 rings (SSSR count). The number of alkyl halides is 2. The van der Waals surface area contributed by atoms with E-state index in [9.17, 15) is 18.4 Å². The van der Waals surface area contributed by atoms with Crippen molar-refractivity contribution >= 4 is 16.8 Å². The van der Waals surface area contributed by atoms with Crippen LogP contribution in [0.25, 0.3) is 10.9 Å². The number of likely N-dealkylation sites (tertiary alicyclic amines) is 1. The van der Waals surface area contributed by atoms with Crippen LogP contribution >= 0.6 is 0 Å². The first kappa shape index (κ1) is 19.2. The van der Waals surface area contributed by atoms with Crippen LogP contribution in [-0.2, 0) is 13.6 Å². The number of aryl methyl sites for hydroxylation is 2. The number of carbonyl (C=O) groups excluding carboxylic acids is 1. The lowest BCUT2D eigenvalue weighted by atomic mass is 10.1. The van der Waals surface area contributed by atoms with Gasteiger partial charge < -0.3 is 4.90 Å². The minimum Gasteiger partial charge on any atom is -0.327 e. The van der Waals surface area contributed by atoms with Gasteiger partial charge in [-0.2, -0.15) is 5.10 Å². The Morgan fingerprint density at radius 3 is 2.76 bits per heavy atom. The van der Waals surface area contributed by atoms with Gasteiger partial charge in [0.25, 0.3) is 17.9 Å². The molecule has 1 fully saturated rings. The molecule has 1 aliphatic rings. The number of halogens is 2. The van der Waals surface area contributed by atoms with Gasteiger partial charge in [-0.3, -0.25) is 18.8 Å². The van der Waals surface area contributed by atoms with Gasteiger partial charge in [-0.25, -0.2) is 13.8 Å². The molecule has 0 bridgehead atoms. The van der Waals surface area contributed by atoms with E-state index in [1.165, 1.54) is 4.68 Å². The summed E-state index contributed by atoms with van der Waals surface area (Å²) in [7, 11) is 1.69. The molecule has 1 aliphatic heterocycles. The SMILES string of the molecule is Cc1cc(C(=O)N2CCCC2c2nc3ccccc3c(=O)n2CC(F)F)n(C)n1. The quantitative estimate of drug-likeness (QED) is 0.674. The molecule has 0 N–H and O–H groups in total. The van der Waals surface area contributed by atoms with Crippen molar-refractivity contribution < 1.29 is 13.6 Å². The van der Waals surface area contributed by atoms with Gasteiger partial charge in [-0.15, -0.1) is 0 Å². The molecule has 152 valence electrons. The van der Waals surface area contributed by atoms with Crippen molar-refractivity contribution in [3.8, 4) is 0 Å². The molecule has 0 aliphatic carbocycles. The molecular weight excluding hydrogens is 380 g/mol. The van der Waals surface area contributed by atoms with Crippen molar-refractivity contribution in [3.63, 3.8) is 0 Å². The molecule has 0 radical (unpaired) electrons. The zero-order chi connectivity index (χ0) is 20.7. The molecular formula is C20H21F2N5O2. The van der Waals surface area contributed by atoms with E-state index in [1.54, 1.807) is 49.2 Å². The summed E-state index contributed by atoms with van der Waals surface area (Å²) in [6, 6.07) is 7.82. The van der Waals surface area contributed by atoms with Crippen molar-refractivity contribution in [2.45, 2.75) is 38.8 Å². The summed E-state index contributed by atoms with van der Waals surface area (Å²) in [6.45, 7) is 1.50. The molecule has 1 aromatic carbocycles. The minimum absolute atomic E-state index is 0.207. The van der Waals surface area contributed by atoms with E-state index >= 15 is 0 Å². The van der Waals surface area contributed by atoms with Gasteiger partial charge in [-0.05, 0) is 38.0 Å². The normalized spacial score (nSPS) is 16.9. The van der Waals surface area contributed by atoms with Crippen LogP contribution in [0.15, 0.2) is 35.1 Å². The number of carbonyl (C=O) groups is 1. The molecule has 7 nitrogen and oxygen atoms in total. The molecule has 1 saturated heterocycles. The maximum absolute atomic E-state index is 13.3. The van der Waals surface area contributed by atoms with Crippen molar-refractivity contribution in [2.75, 3.05) is 6.54 Å². The van der Waals surface area contributed by atoms with Crippen LogP contribution < -0.4 is 5.56 Å². The van der Waals surface area contributed by atoms with Crippen LogP contribution in [0.4, 0.5) is 8.78 Å². The molecule has 29 heavy (non-hydrogen) atoms. The predicted molar refractivity (Wildman–Crippen MR) is 103 cm³/mol. The molecule has 1 atom stereocenters.